The van der Waals surface area contributed by atoms with Crippen LogP contribution < -0.4 is 16.0 Å². The number of amides is 3. The predicted molar refractivity (Wildman–Crippen MR) is 78.8 cm³/mol. The molecule has 0 saturated carbocycles. The first kappa shape index (κ1) is 16.9. The largest absolute Gasteiger partial charge is 0.394 e. The summed E-state index contributed by atoms with van der Waals surface area (Å²) in [5, 5.41) is 25.9. The van der Waals surface area contributed by atoms with Crippen LogP contribution >= 0.6 is 0 Å². The summed E-state index contributed by atoms with van der Waals surface area (Å²) in [6, 6.07) is 8.32. The lowest BCUT2D eigenvalue weighted by Gasteiger charge is -2.29. The topological polar surface area (TPSA) is 111 Å². The zero-order valence-corrected chi connectivity index (χ0v) is 11.9. The van der Waals surface area contributed by atoms with Gasteiger partial charge in [-0.15, -0.1) is 0 Å². The molecule has 0 radical (unpaired) electrons. The van der Waals surface area contributed by atoms with Gasteiger partial charge < -0.3 is 26.2 Å². The molecule has 0 aliphatic heterocycles. The lowest BCUT2D eigenvalue weighted by Crippen LogP contribution is -2.56. The van der Waals surface area contributed by atoms with Gasteiger partial charge in [-0.05, 0) is 18.6 Å². The number of carbonyl (C=O) groups excluding carboxylic acids is 2. The van der Waals surface area contributed by atoms with E-state index in [1.807, 2.05) is 6.07 Å². The molecular formula is C14H21N3O4. The number of hydrogen-bond donors (Lipinski definition) is 5. The molecule has 116 valence electrons. The molecule has 0 atom stereocenters. The van der Waals surface area contributed by atoms with E-state index in [2.05, 4.69) is 16.0 Å². The molecule has 0 saturated heterocycles. The van der Waals surface area contributed by atoms with Gasteiger partial charge in [0.2, 0.25) is 5.91 Å². The van der Waals surface area contributed by atoms with Crippen LogP contribution in [0, 0.1) is 0 Å². The van der Waals surface area contributed by atoms with Crippen molar-refractivity contribution in [3.8, 4) is 0 Å². The molecule has 0 spiro atoms. The Hall–Kier alpha value is -2.12. The van der Waals surface area contributed by atoms with Crippen molar-refractivity contribution < 1.29 is 19.8 Å². The zero-order valence-electron chi connectivity index (χ0n) is 11.9. The third kappa shape index (κ3) is 5.41. The average molecular weight is 295 g/mol. The van der Waals surface area contributed by atoms with Crippen LogP contribution in [0.3, 0.4) is 0 Å². The highest BCUT2D eigenvalue weighted by Crippen LogP contribution is 2.07. The van der Waals surface area contributed by atoms with Gasteiger partial charge in [-0.3, -0.25) is 4.79 Å². The molecule has 21 heavy (non-hydrogen) atoms. The number of aliphatic hydroxyl groups is 2. The SMILES string of the molecule is CCC(CO)(CO)NC(=O)CNC(=O)Nc1ccccc1. The van der Waals surface area contributed by atoms with E-state index in [0.717, 1.165) is 0 Å². The van der Waals surface area contributed by atoms with E-state index in [1.54, 1.807) is 31.2 Å². The third-order valence-corrected chi connectivity index (χ3v) is 3.13. The summed E-state index contributed by atoms with van der Waals surface area (Å²) in [6.45, 7) is 0.743. The van der Waals surface area contributed by atoms with Gasteiger partial charge in [0, 0.05) is 5.69 Å². The number of aliphatic hydroxyl groups excluding tert-OH is 2. The fraction of sp³-hybridized carbons (Fsp3) is 0.429. The predicted octanol–water partition coefficient (Wildman–Crippen LogP) is 0.0577. The monoisotopic (exact) mass is 295 g/mol. The minimum absolute atomic E-state index is 0.250. The highest BCUT2D eigenvalue weighted by Gasteiger charge is 2.28. The number of benzene rings is 1. The fourth-order valence-electron chi connectivity index (χ4n) is 1.64. The molecule has 0 heterocycles. The number of rotatable bonds is 7. The second-order valence-corrected chi connectivity index (χ2v) is 4.67. The number of nitrogens with one attached hydrogen (secondary N) is 3. The highest BCUT2D eigenvalue weighted by atomic mass is 16.3. The van der Waals surface area contributed by atoms with Crippen LogP contribution in [0.5, 0.6) is 0 Å². The zero-order chi connectivity index (χ0) is 15.7. The lowest BCUT2D eigenvalue weighted by atomic mass is 9.98. The number of carbonyl (C=O) groups is 2. The molecule has 7 nitrogen and oxygen atoms in total. The van der Waals surface area contributed by atoms with Gasteiger partial charge in [-0.1, -0.05) is 25.1 Å². The van der Waals surface area contributed by atoms with Gasteiger partial charge in [-0.25, -0.2) is 4.79 Å². The molecular weight excluding hydrogens is 274 g/mol. The van der Waals surface area contributed by atoms with E-state index in [4.69, 9.17) is 0 Å². The maximum Gasteiger partial charge on any atom is 0.319 e. The summed E-state index contributed by atoms with van der Waals surface area (Å²) >= 11 is 0. The summed E-state index contributed by atoms with van der Waals surface area (Å²) in [5.74, 6) is -0.483. The molecule has 1 aromatic rings. The van der Waals surface area contributed by atoms with E-state index < -0.39 is 17.5 Å². The molecule has 0 aromatic heterocycles. The molecule has 0 bridgehead atoms. The van der Waals surface area contributed by atoms with Crippen molar-refractivity contribution in [3.05, 3.63) is 30.3 Å². The Morgan fingerprint density at radius 2 is 1.76 bits per heavy atom. The van der Waals surface area contributed by atoms with Crippen LogP contribution in [0.2, 0.25) is 0 Å². The van der Waals surface area contributed by atoms with Gasteiger partial charge in [0.1, 0.15) is 0 Å². The molecule has 0 aliphatic rings. The van der Waals surface area contributed by atoms with E-state index in [9.17, 15) is 19.8 Å². The van der Waals surface area contributed by atoms with Crippen molar-refractivity contribution in [1.29, 1.82) is 0 Å². The van der Waals surface area contributed by atoms with Crippen LogP contribution in [-0.2, 0) is 4.79 Å². The number of anilines is 1. The average Bonchev–Trinajstić information content (AvgIpc) is 2.52. The first-order chi connectivity index (χ1) is 10.0. The minimum atomic E-state index is -1.06. The quantitative estimate of drug-likeness (QED) is 0.490. The van der Waals surface area contributed by atoms with E-state index in [-0.39, 0.29) is 19.8 Å². The van der Waals surface area contributed by atoms with Crippen molar-refractivity contribution in [2.45, 2.75) is 18.9 Å². The summed E-state index contributed by atoms with van der Waals surface area (Å²) < 4.78 is 0. The lowest BCUT2D eigenvalue weighted by molar-refractivity contribution is -0.123. The maximum atomic E-state index is 11.7. The van der Waals surface area contributed by atoms with Crippen LogP contribution in [0.4, 0.5) is 10.5 Å². The summed E-state index contributed by atoms with van der Waals surface area (Å²) in [7, 11) is 0. The van der Waals surface area contributed by atoms with Crippen molar-refractivity contribution >= 4 is 17.6 Å². The Bertz CT molecular complexity index is 452. The molecule has 3 amide bonds. The summed E-state index contributed by atoms with van der Waals surface area (Å²) in [6.07, 6.45) is 0.377. The third-order valence-electron chi connectivity index (χ3n) is 3.13. The first-order valence-electron chi connectivity index (χ1n) is 6.68. The standard InChI is InChI=1S/C14H21N3O4/c1-2-14(9-18,10-19)17-12(20)8-15-13(21)16-11-6-4-3-5-7-11/h3-7,18-19H,2,8-10H2,1H3,(H,17,20)(H2,15,16,21). The number of para-hydroxylation sites is 1. The van der Waals surface area contributed by atoms with Crippen LogP contribution in [-0.4, -0.2) is 47.4 Å². The van der Waals surface area contributed by atoms with Crippen molar-refractivity contribution in [3.63, 3.8) is 0 Å². The Morgan fingerprint density at radius 3 is 2.29 bits per heavy atom. The van der Waals surface area contributed by atoms with Gasteiger partial charge in [0.25, 0.3) is 0 Å². The summed E-state index contributed by atoms with van der Waals surface area (Å²) in [4.78, 5) is 23.3. The summed E-state index contributed by atoms with van der Waals surface area (Å²) in [5.41, 5.74) is -0.446. The number of urea groups is 1. The van der Waals surface area contributed by atoms with Gasteiger partial charge in [-0.2, -0.15) is 0 Å². The fourth-order valence-corrected chi connectivity index (χ4v) is 1.64. The molecule has 1 aromatic carbocycles. The maximum absolute atomic E-state index is 11.7. The Balaban J connectivity index is 2.40. The molecule has 0 unspecified atom stereocenters. The first-order valence-corrected chi connectivity index (χ1v) is 6.68. The Labute approximate surface area is 123 Å². The molecule has 5 N–H and O–H groups in total. The molecule has 0 fully saturated rings. The van der Waals surface area contributed by atoms with Gasteiger partial charge in [0.05, 0.1) is 25.3 Å². The second-order valence-electron chi connectivity index (χ2n) is 4.67. The van der Waals surface area contributed by atoms with E-state index in [1.165, 1.54) is 0 Å². The van der Waals surface area contributed by atoms with Crippen LogP contribution in [0.25, 0.3) is 0 Å². The molecule has 7 heteroatoms. The van der Waals surface area contributed by atoms with Gasteiger partial charge >= 0.3 is 6.03 Å². The van der Waals surface area contributed by atoms with E-state index >= 15 is 0 Å². The Morgan fingerprint density at radius 1 is 1.14 bits per heavy atom. The van der Waals surface area contributed by atoms with Crippen molar-refractivity contribution in [2.24, 2.45) is 0 Å². The Kier molecular flexibility index (Phi) is 6.64. The second kappa shape index (κ2) is 8.23. The highest BCUT2D eigenvalue weighted by molar-refractivity contribution is 5.92. The minimum Gasteiger partial charge on any atom is -0.394 e. The van der Waals surface area contributed by atoms with Crippen molar-refractivity contribution in [1.82, 2.24) is 10.6 Å². The number of hydrogen-bond acceptors (Lipinski definition) is 4. The molecule has 0 aliphatic carbocycles. The van der Waals surface area contributed by atoms with Crippen molar-refractivity contribution in [2.75, 3.05) is 25.1 Å². The van der Waals surface area contributed by atoms with Crippen LogP contribution in [0.1, 0.15) is 13.3 Å². The molecule has 1 rings (SSSR count). The van der Waals surface area contributed by atoms with E-state index in [0.29, 0.717) is 12.1 Å². The van der Waals surface area contributed by atoms with Gasteiger partial charge in [0.15, 0.2) is 0 Å². The normalized spacial score (nSPS) is 10.8. The van der Waals surface area contributed by atoms with Crippen LogP contribution in [0.15, 0.2) is 30.3 Å². The smallest absolute Gasteiger partial charge is 0.319 e.